The number of ether oxygens (including phenoxy) is 2. The van der Waals surface area contributed by atoms with Gasteiger partial charge in [-0.1, -0.05) is 24.3 Å². The van der Waals surface area contributed by atoms with Crippen molar-refractivity contribution in [2.24, 2.45) is 0 Å². The Hall–Kier alpha value is -1.00. The van der Waals surface area contributed by atoms with Crippen molar-refractivity contribution in [2.75, 3.05) is 19.1 Å². The number of carbonyl (C=O) groups is 1. The van der Waals surface area contributed by atoms with E-state index in [2.05, 4.69) is 6.08 Å². The number of nitrogens with zero attached hydrogens (tertiary/aromatic N) is 1. The Morgan fingerprint density at radius 1 is 1.18 bits per heavy atom. The number of hydrogen-bond donors (Lipinski definition) is 0. The normalized spacial score (nSPS) is 20.1. The first-order valence-electron chi connectivity index (χ1n) is 7.78. The van der Waals surface area contributed by atoms with Crippen LogP contribution in [0.2, 0.25) is 0 Å². The number of amides is 1. The van der Waals surface area contributed by atoms with E-state index in [1.807, 2.05) is 45.9 Å². The Bertz CT molecular complexity index is 400. The van der Waals surface area contributed by atoms with Gasteiger partial charge in [0.15, 0.2) is 0 Å². The first-order valence-corrected chi connectivity index (χ1v) is 8.32. The molecule has 0 radical (unpaired) electrons. The number of unbranched alkanes of at least 4 members (excludes halogenated alkanes) is 2. The van der Waals surface area contributed by atoms with Gasteiger partial charge < -0.3 is 9.47 Å². The van der Waals surface area contributed by atoms with Crippen molar-refractivity contribution in [1.29, 1.82) is 0 Å². The van der Waals surface area contributed by atoms with Gasteiger partial charge in [-0.05, 0) is 47.0 Å². The van der Waals surface area contributed by atoms with Gasteiger partial charge in [0, 0.05) is 5.88 Å². The molecular formula is C17H28ClNO3. The lowest BCUT2D eigenvalue weighted by atomic mass is 10.0. The molecule has 1 saturated heterocycles. The maximum Gasteiger partial charge on any atom is 0.412 e. The molecule has 1 aliphatic rings. The van der Waals surface area contributed by atoms with Crippen LogP contribution in [0.15, 0.2) is 24.3 Å². The summed E-state index contributed by atoms with van der Waals surface area (Å²) in [5, 5.41) is 0. The van der Waals surface area contributed by atoms with Gasteiger partial charge in [-0.25, -0.2) is 4.79 Å². The molecular weight excluding hydrogens is 302 g/mol. The van der Waals surface area contributed by atoms with E-state index >= 15 is 0 Å². The van der Waals surface area contributed by atoms with E-state index in [9.17, 15) is 4.79 Å². The predicted octanol–water partition coefficient (Wildman–Crippen LogP) is 4.49. The highest BCUT2D eigenvalue weighted by Gasteiger charge is 2.49. The number of halogens is 1. The van der Waals surface area contributed by atoms with Gasteiger partial charge in [0.1, 0.15) is 12.3 Å². The minimum absolute atomic E-state index is 0.291. The number of alkyl halides is 1. The molecule has 0 bridgehead atoms. The van der Waals surface area contributed by atoms with Gasteiger partial charge in [-0.2, -0.15) is 0 Å². The summed E-state index contributed by atoms with van der Waals surface area (Å²) in [7, 11) is 0. The third-order valence-electron chi connectivity index (χ3n) is 3.57. The molecule has 0 saturated carbocycles. The smallest absolute Gasteiger partial charge is 0.412 e. The molecule has 0 atom stereocenters. The van der Waals surface area contributed by atoms with E-state index in [-0.39, 0.29) is 11.6 Å². The Balaban J connectivity index is 2.30. The number of rotatable bonds is 7. The molecule has 0 unspecified atom stereocenters. The van der Waals surface area contributed by atoms with Crippen molar-refractivity contribution in [2.45, 2.75) is 58.2 Å². The van der Waals surface area contributed by atoms with Crippen molar-refractivity contribution in [3.8, 4) is 0 Å². The molecule has 4 nitrogen and oxygen atoms in total. The molecule has 0 aromatic heterocycles. The largest absolute Gasteiger partial charge is 0.445 e. The van der Waals surface area contributed by atoms with Crippen LogP contribution in [-0.4, -0.2) is 41.4 Å². The first kappa shape index (κ1) is 19.0. The second-order valence-electron chi connectivity index (χ2n) is 6.49. The molecule has 0 aliphatic carbocycles. The summed E-state index contributed by atoms with van der Waals surface area (Å²) < 4.78 is 11.0. The van der Waals surface area contributed by atoms with E-state index < -0.39 is 5.72 Å². The average molecular weight is 330 g/mol. The van der Waals surface area contributed by atoms with Gasteiger partial charge in [-0.3, -0.25) is 4.90 Å². The third-order valence-corrected chi connectivity index (χ3v) is 3.75. The summed E-state index contributed by atoms with van der Waals surface area (Å²) in [4.78, 5) is 13.9. The molecule has 0 aromatic carbocycles. The zero-order valence-corrected chi connectivity index (χ0v) is 14.9. The van der Waals surface area contributed by atoms with E-state index in [4.69, 9.17) is 21.1 Å². The fourth-order valence-corrected chi connectivity index (χ4v) is 2.71. The van der Waals surface area contributed by atoms with Crippen LogP contribution < -0.4 is 0 Å². The number of carbonyl (C=O) groups excluding carboxylic acids is 1. The molecule has 0 N–H and O–H groups in total. The van der Waals surface area contributed by atoms with Gasteiger partial charge in [0.05, 0.1) is 12.1 Å². The minimum Gasteiger partial charge on any atom is -0.445 e. The number of hydrogen-bond acceptors (Lipinski definition) is 3. The lowest BCUT2D eigenvalue weighted by Crippen LogP contribution is -2.52. The molecule has 1 heterocycles. The molecule has 5 heteroatoms. The molecule has 0 spiro atoms. The van der Waals surface area contributed by atoms with E-state index in [1.54, 1.807) is 4.90 Å². The monoisotopic (exact) mass is 329 g/mol. The Morgan fingerprint density at radius 2 is 1.82 bits per heavy atom. The second kappa shape index (κ2) is 8.59. The summed E-state index contributed by atoms with van der Waals surface area (Å²) >= 11 is 5.54. The van der Waals surface area contributed by atoms with Gasteiger partial charge in [-0.15, -0.1) is 11.6 Å². The SMILES string of the molecule is CC1(C)COC(C)(C)N1C(=O)OC/C=C\CCC/C=C\CCl. The van der Waals surface area contributed by atoms with Crippen LogP contribution in [0.3, 0.4) is 0 Å². The fraction of sp³-hybridized carbons (Fsp3) is 0.706. The predicted molar refractivity (Wildman–Crippen MR) is 90.1 cm³/mol. The third kappa shape index (κ3) is 5.65. The number of allylic oxidation sites excluding steroid dienone is 3. The maximum atomic E-state index is 12.3. The summed E-state index contributed by atoms with van der Waals surface area (Å²) in [6, 6.07) is 0. The van der Waals surface area contributed by atoms with E-state index in [0.717, 1.165) is 19.3 Å². The zero-order valence-electron chi connectivity index (χ0n) is 14.1. The maximum absolute atomic E-state index is 12.3. The van der Waals surface area contributed by atoms with Crippen LogP contribution in [0, 0.1) is 0 Å². The lowest BCUT2D eigenvalue weighted by molar-refractivity contribution is -0.0503. The van der Waals surface area contributed by atoms with Crippen LogP contribution in [0.4, 0.5) is 4.79 Å². The molecule has 22 heavy (non-hydrogen) atoms. The highest BCUT2D eigenvalue weighted by atomic mass is 35.5. The molecule has 1 fully saturated rings. The summed E-state index contributed by atoms with van der Waals surface area (Å²) in [6.07, 6.45) is 10.7. The Kier molecular flexibility index (Phi) is 7.43. The van der Waals surface area contributed by atoms with E-state index in [0.29, 0.717) is 19.1 Å². The van der Waals surface area contributed by atoms with Crippen LogP contribution in [0.1, 0.15) is 47.0 Å². The van der Waals surface area contributed by atoms with Crippen LogP contribution >= 0.6 is 11.6 Å². The van der Waals surface area contributed by atoms with Crippen LogP contribution in [0.5, 0.6) is 0 Å². The van der Waals surface area contributed by atoms with Crippen molar-refractivity contribution < 1.29 is 14.3 Å². The fourth-order valence-electron chi connectivity index (χ4n) is 2.58. The highest BCUT2D eigenvalue weighted by molar-refractivity contribution is 6.18. The summed E-state index contributed by atoms with van der Waals surface area (Å²) in [6.45, 7) is 8.53. The topological polar surface area (TPSA) is 38.8 Å². The molecule has 1 amide bonds. The van der Waals surface area contributed by atoms with Gasteiger partial charge >= 0.3 is 6.09 Å². The minimum atomic E-state index is -0.626. The zero-order chi connectivity index (χ0) is 16.6. The first-order chi connectivity index (χ1) is 10.3. The Morgan fingerprint density at radius 3 is 2.36 bits per heavy atom. The quantitative estimate of drug-likeness (QED) is 0.392. The molecule has 0 aromatic rings. The molecule has 126 valence electrons. The van der Waals surface area contributed by atoms with Crippen molar-refractivity contribution in [3.63, 3.8) is 0 Å². The van der Waals surface area contributed by atoms with Gasteiger partial charge in [0.2, 0.25) is 0 Å². The lowest BCUT2D eigenvalue weighted by Gasteiger charge is -2.36. The van der Waals surface area contributed by atoms with Crippen molar-refractivity contribution in [3.05, 3.63) is 24.3 Å². The molecule has 1 aliphatic heterocycles. The van der Waals surface area contributed by atoms with Crippen molar-refractivity contribution >= 4 is 17.7 Å². The summed E-state index contributed by atoms with van der Waals surface area (Å²) in [5.74, 6) is 0.568. The van der Waals surface area contributed by atoms with Crippen LogP contribution in [-0.2, 0) is 9.47 Å². The average Bonchev–Trinajstić information content (AvgIpc) is 2.65. The molecule has 1 rings (SSSR count). The standard InChI is InChI=1S/C17H28ClNO3/c1-16(2)14-22-17(3,4)19(16)15(20)21-13-11-9-7-5-6-8-10-12-18/h8-11H,5-7,12-14H2,1-4H3/b10-8-,11-9-. The van der Waals surface area contributed by atoms with Crippen LogP contribution in [0.25, 0.3) is 0 Å². The Labute approximate surface area is 139 Å². The van der Waals surface area contributed by atoms with Gasteiger partial charge in [0.25, 0.3) is 0 Å². The second-order valence-corrected chi connectivity index (χ2v) is 6.80. The van der Waals surface area contributed by atoms with Crippen molar-refractivity contribution in [1.82, 2.24) is 4.90 Å². The highest BCUT2D eigenvalue weighted by Crippen LogP contribution is 2.34. The summed E-state index contributed by atoms with van der Waals surface area (Å²) in [5.41, 5.74) is -0.974. The van der Waals surface area contributed by atoms with E-state index in [1.165, 1.54) is 0 Å².